The maximum Gasteiger partial charge on any atom is 0.227 e. The number of carbonyl (C=O) groups excluding carboxylic acids is 1. The van der Waals surface area contributed by atoms with Crippen LogP contribution in [-0.4, -0.2) is 41.4 Å². The number of amides is 1. The Morgan fingerprint density at radius 1 is 1.06 bits per heavy atom. The third-order valence-electron chi connectivity index (χ3n) is 6.53. The van der Waals surface area contributed by atoms with E-state index in [0.717, 1.165) is 35.3 Å². The smallest absolute Gasteiger partial charge is 0.227 e. The molecule has 31 heavy (non-hydrogen) atoms. The zero-order valence-corrected chi connectivity index (χ0v) is 18.1. The minimum absolute atomic E-state index is 0.0251. The first-order valence-corrected chi connectivity index (χ1v) is 10.7. The molecule has 1 fully saturated rings. The molecule has 2 heterocycles. The van der Waals surface area contributed by atoms with Crippen LogP contribution in [0.15, 0.2) is 54.9 Å². The lowest BCUT2D eigenvalue weighted by molar-refractivity contribution is -0.134. The molecule has 2 aromatic carbocycles. The minimum Gasteiger partial charge on any atom is -0.493 e. The molecule has 1 amide bonds. The van der Waals surface area contributed by atoms with E-state index in [1.807, 2.05) is 43.7 Å². The largest absolute Gasteiger partial charge is 0.493 e. The van der Waals surface area contributed by atoms with Crippen LogP contribution in [0.4, 0.5) is 0 Å². The van der Waals surface area contributed by atoms with Crippen LogP contribution in [0.1, 0.15) is 40.6 Å². The van der Waals surface area contributed by atoms with Gasteiger partial charge in [0.15, 0.2) is 11.5 Å². The third-order valence-corrected chi connectivity index (χ3v) is 6.53. The van der Waals surface area contributed by atoms with Crippen LogP contribution < -0.4 is 9.47 Å². The van der Waals surface area contributed by atoms with E-state index in [0.29, 0.717) is 12.3 Å². The Morgan fingerprint density at radius 2 is 1.81 bits per heavy atom. The van der Waals surface area contributed by atoms with E-state index >= 15 is 0 Å². The second-order valence-electron chi connectivity index (χ2n) is 8.40. The molecule has 6 heteroatoms. The van der Waals surface area contributed by atoms with Crippen molar-refractivity contribution in [2.24, 2.45) is 13.0 Å². The summed E-state index contributed by atoms with van der Waals surface area (Å²) in [6.07, 6.45) is 5.60. The van der Waals surface area contributed by atoms with Crippen molar-refractivity contribution in [3.8, 4) is 11.5 Å². The zero-order valence-electron chi connectivity index (χ0n) is 18.1. The van der Waals surface area contributed by atoms with Crippen molar-refractivity contribution >= 4 is 5.91 Å². The molecule has 0 N–H and O–H groups in total. The number of hydrogen-bond acceptors (Lipinski definition) is 4. The number of nitrogens with zero attached hydrogens (tertiary/aromatic N) is 3. The van der Waals surface area contributed by atoms with Crippen LogP contribution >= 0.6 is 0 Å². The van der Waals surface area contributed by atoms with Gasteiger partial charge in [-0.15, -0.1) is 0 Å². The second kappa shape index (κ2) is 7.76. The van der Waals surface area contributed by atoms with Gasteiger partial charge in [0, 0.05) is 25.7 Å². The number of fused-ring (bicyclic) bond motifs is 1. The highest BCUT2D eigenvalue weighted by atomic mass is 16.5. The quantitative estimate of drug-likeness (QED) is 0.635. The molecule has 0 spiro atoms. The van der Waals surface area contributed by atoms with Crippen LogP contribution in [0.2, 0.25) is 0 Å². The summed E-state index contributed by atoms with van der Waals surface area (Å²) in [5.41, 5.74) is 4.58. The molecule has 5 rings (SSSR count). The van der Waals surface area contributed by atoms with Crippen LogP contribution in [-0.2, 0) is 18.3 Å². The number of hydrogen-bond donors (Lipinski definition) is 0. The lowest BCUT2D eigenvalue weighted by Crippen LogP contribution is -2.41. The van der Waals surface area contributed by atoms with E-state index in [1.165, 1.54) is 5.56 Å². The lowest BCUT2D eigenvalue weighted by Gasteiger charge is -2.38. The summed E-state index contributed by atoms with van der Waals surface area (Å²) in [5.74, 6) is 1.94. The summed E-state index contributed by atoms with van der Waals surface area (Å²) in [5, 5.41) is 4.28. The first kappa shape index (κ1) is 19.7. The van der Waals surface area contributed by atoms with Gasteiger partial charge in [-0.25, -0.2) is 0 Å². The molecule has 6 nitrogen and oxygen atoms in total. The first-order chi connectivity index (χ1) is 15.1. The number of methoxy groups -OCH3 is 2. The molecular weight excluding hydrogens is 390 g/mol. The second-order valence-corrected chi connectivity index (χ2v) is 8.40. The van der Waals surface area contributed by atoms with Crippen molar-refractivity contribution in [2.75, 3.05) is 20.8 Å². The highest BCUT2D eigenvalue weighted by Crippen LogP contribution is 2.50. The third kappa shape index (κ3) is 3.46. The fourth-order valence-electron chi connectivity index (χ4n) is 4.86. The Hall–Kier alpha value is -3.28. The van der Waals surface area contributed by atoms with Gasteiger partial charge >= 0.3 is 0 Å². The minimum atomic E-state index is -0.132. The van der Waals surface area contributed by atoms with E-state index in [9.17, 15) is 4.79 Å². The molecule has 1 aliphatic heterocycles. The van der Waals surface area contributed by atoms with Gasteiger partial charge in [0.1, 0.15) is 0 Å². The highest BCUT2D eigenvalue weighted by molar-refractivity contribution is 5.84. The van der Waals surface area contributed by atoms with Gasteiger partial charge in [-0.2, -0.15) is 5.10 Å². The van der Waals surface area contributed by atoms with Gasteiger partial charge in [0.05, 0.1) is 26.5 Å². The van der Waals surface area contributed by atoms with Gasteiger partial charge in [-0.1, -0.05) is 30.3 Å². The van der Waals surface area contributed by atoms with Crippen LogP contribution in [0, 0.1) is 5.92 Å². The number of carbonyl (C=O) groups is 1. The Bertz CT molecular complexity index is 1110. The Kier molecular flexibility index (Phi) is 4.93. The van der Waals surface area contributed by atoms with Crippen LogP contribution in [0.25, 0.3) is 0 Å². The average molecular weight is 418 g/mol. The molecule has 0 bridgehead atoms. The molecule has 3 aromatic rings. The Morgan fingerprint density at radius 3 is 2.48 bits per heavy atom. The predicted octanol–water partition coefficient (Wildman–Crippen LogP) is 3.72. The fourth-order valence-corrected chi connectivity index (χ4v) is 4.86. The number of benzene rings is 2. The summed E-state index contributed by atoms with van der Waals surface area (Å²) in [4.78, 5) is 15.7. The Balaban J connectivity index is 1.51. The summed E-state index contributed by atoms with van der Waals surface area (Å²) in [6, 6.07) is 14.2. The van der Waals surface area contributed by atoms with E-state index in [4.69, 9.17) is 9.47 Å². The van der Waals surface area contributed by atoms with Gasteiger partial charge in [0.2, 0.25) is 5.91 Å². The van der Waals surface area contributed by atoms with E-state index in [2.05, 4.69) is 28.2 Å². The molecule has 0 saturated heterocycles. The van der Waals surface area contributed by atoms with Crippen molar-refractivity contribution < 1.29 is 14.3 Å². The summed E-state index contributed by atoms with van der Waals surface area (Å²) < 4.78 is 12.9. The van der Waals surface area contributed by atoms with Crippen molar-refractivity contribution in [2.45, 2.75) is 24.8 Å². The molecule has 160 valence electrons. The van der Waals surface area contributed by atoms with Crippen LogP contribution in [0.3, 0.4) is 0 Å². The topological polar surface area (TPSA) is 56.6 Å². The molecule has 2 aliphatic rings. The van der Waals surface area contributed by atoms with Crippen molar-refractivity contribution in [3.63, 3.8) is 0 Å². The maximum absolute atomic E-state index is 13.7. The summed E-state index contributed by atoms with van der Waals surface area (Å²) in [7, 11) is 5.22. The van der Waals surface area contributed by atoms with Crippen molar-refractivity contribution in [1.29, 1.82) is 0 Å². The number of aromatic nitrogens is 2. The molecule has 0 unspecified atom stereocenters. The zero-order chi connectivity index (χ0) is 21.5. The van der Waals surface area contributed by atoms with Gasteiger partial charge in [-0.3, -0.25) is 9.48 Å². The molecule has 1 saturated carbocycles. The van der Waals surface area contributed by atoms with Gasteiger partial charge in [-0.05, 0) is 53.1 Å². The van der Waals surface area contributed by atoms with Gasteiger partial charge in [0.25, 0.3) is 0 Å². The van der Waals surface area contributed by atoms with Crippen LogP contribution in [0.5, 0.6) is 11.5 Å². The highest BCUT2D eigenvalue weighted by Gasteiger charge is 2.48. The normalized spacial score (nSPS) is 22.0. The summed E-state index contributed by atoms with van der Waals surface area (Å²) in [6.45, 7) is 0.692. The van der Waals surface area contributed by atoms with E-state index < -0.39 is 0 Å². The maximum atomic E-state index is 13.7. The van der Waals surface area contributed by atoms with Gasteiger partial charge < -0.3 is 14.4 Å². The molecule has 1 aromatic heterocycles. The SMILES string of the molecule is COc1cc2c(cc1OC)[C@H](c1ccccc1)N(C(=O)[C@@H]1C[C@H]1c1cnn(C)c1)CC2. The summed E-state index contributed by atoms with van der Waals surface area (Å²) >= 11 is 0. The Labute approximate surface area is 182 Å². The number of aryl methyl sites for hydroxylation is 1. The van der Waals surface area contributed by atoms with Crippen molar-refractivity contribution in [1.82, 2.24) is 14.7 Å². The standard InChI is InChI=1S/C25H27N3O3/c1-27-15-18(14-26-27)19-12-21(19)25(29)28-10-9-17-11-22(30-2)23(31-3)13-20(17)24(28)16-7-5-4-6-8-16/h4-8,11,13-15,19,21,24H,9-10,12H2,1-3H3/t19-,21+,24-/m0/s1. The first-order valence-electron chi connectivity index (χ1n) is 10.7. The van der Waals surface area contributed by atoms with E-state index in [1.54, 1.807) is 18.9 Å². The fraction of sp³-hybridized carbons (Fsp3) is 0.360. The average Bonchev–Trinajstić information content (AvgIpc) is 3.50. The lowest BCUT2D eigenvalue weighted by atomic mass is 9.87. The monoisotopic (exact) mass is 417 g/mol. The molecular formula is C25H27N3O3. The molecule has 3 atom stereocenters. The van der Waals surface area contributed by atoms with E-state index in [-0.39, 0.29) is 23.8 Å². The molecule has 1 aliphatic carbocycles. The number of rotatable bonds is 5. The predicted molar refractivity (Wildman–Crippen MR) is 117 cm³/mol. The number of ether oxygens (including phenoxy) is 2. The molecule has 0 radical (unpaired) electrons. The van der Waals surface area contributed by atoms with Crippen molar-refractivity contribution in [3.05, 3.63) is 77.1 Å².